The Kier molecular flexibility index (Phi) is 4.80. The molecule has 0 atom stereocenters. The SMILES string of the molecule is CC(C)(C)OC(=O)N1CCC(Cn2ncc3cc(Br)cnc32)CC1. The van der Waals surface area contributed by atoms with Gasteiger partial charge >= 0.3 is 6.09 Å². The van der Waals surface area contributed by atoms with Crippen molar-refractivity contribution in [2.45, 2.75) is 45.8 Å². The van der Waals surface area contributed by atoms with Gasteiger partial charge in [-0.15, -0.1) is 0 Å². The van der Waals surface area contributed by atoms with E-state index < -0.39 is 5.60 Å². The van der Waals surface area contributed by atoms with Gasteiger partial charge in [-0.25, -0.2) is 14.5 Å². The lowest BCUT2D eigenvalue weighted by atomic mass is 9.97. The number of pyridine rings is 1. The summed E-state index contributed by atoms with van der Waals surface area (Å²) in [6.07, 6.45) is 5.35. The maximum atomic E-state index is 12.1. The predicted octanol–water partition coefficient (Wildman–Crippen LogP) is 3.84. The molecule has 24 heavy (non-hydrogen) atoms. The molecule has 0 aliphatic carbocycles. The molecule has 1 aliphatic rings. The fourth-order valence-electron chi connectivity index (χ4n) is 2.95. The number of piperidine rings is 1. The lowest BCUT2D eigenvalue weighted by Gasteiger charge is -2.33. The topological polar surface area (TPSA) is 60.2 Å². The zero-order chi connectivity index (χ0) is 17.3. The van der Waals surface area contributed by atoms with E-state index in [1.807, 2.05) is 37.7 Å². The van der Waals surface area contributed by atoms with Gasteiger partial charge in [-0.1, -0.05) is 0 Å². The lowest BCUT2D eigenvalue weighted by Crippen LogP contribution is -2.42. The molecule has 6 nitrogen and oxygen atoms in total. The van der Waals surface area contributed by atoms with Crippen molar-refractivity contribution in [2.75, 3.05) is 13.1 Å². The van der Waals surface area contributed by atoms with Crippen LogP contribution in [0, 0.1) is 5.92 Å². The first kappa shape index (κ1) is 17.2. The number of nitrogens with zero attached hydrogens (tertiary/aromatic N) is 4. The first-order valence-electron chi connectivity index (χ1n) is 8.27. The molecule has 3 rings (SSSR count). The fourth-order valence-corrected chi connectivity index (χ4v) is 3.30. The van der Waals surface area contributed by atoms with Crippen LogP contribution in [0.2, 0.25) is 0 Å². The summed E-state index contributed by atoms with van der Waals surface area (Å²) in [5.41, 5.74) is 0.467. The summed E-state index contributed by atoms with van der Waals surface area (Å²) in [6, 6.07) is 2.02. The summed E-state index contributed by atoms with van der Waals surface area (Å²) in [7, 11) is 0. The highest BCUT2D eigenvalue weighted by molar-refractivity contribution is 9.10. The standard InChI is InChI=1S/C17H23BrN4O2/c1-17(2,3)24-16(23)21-6-4-12(5-7-21)11-22-15-13(9-20-22)8-14(18)10-19-15/h8-10,12H,4-7,11H2,1-3H3. The van der Waals surface area contributed by atoms with Gasteiger partial charge in [-0.3, -0.25) is 0 Å². The Bertz CT molecular complexity index is 730. The fraction of sp³-hybridized carbons (Fsp3) is 0.588. The molecule has 0 radical (unpaired) electrons. The van der Waals surface area contributed by atoms with Gasteiger partial charge in [0.2, 0.25) is 0 Å². The number of likely N-dealkylation sites (tertiary alicyclic amines) is 1. The van der Waals surface area contributed by atoms with Gasteiger partial charge in [-0.2, -0.15) is 5.10 Å². The van der Waals surface area contributed by atoms with Crippen LogP contribution in [-0.2, 0) is 11.3 Å². The number of hydrogen-bond acceptors (Lipinski definition) is 4. The molecular formula is C17H23BrN4O2. The zero-order valence-corrected chi connectivity index (χ0v) is 15.9. The molecule has 1 fully saturated rings. The largest absolute Gasteiger partial charge is 0.444 e. The third-order valence-corrected chi connectivity index (χ3v) is 4.57. The van der Waals surface area contributed by atoms with Gasteiger partial charge in [0.25, 0.3) is 0 Å². The molecule has 1 amide bonds. The Morgan fingerprint density at radius 3 is 2.71 bits per heavy atom. The second-order valence-corrected chi connectivity index (χ2v) is 8.22. The van der Waals surface area contributed by atoms with Crippen molar-refractivity contribution in [3.05, 3.63) is 22.9 Å². The van der Waals surface area contributed by atoms with Gasteiger partial charge in [0.15, 0.2) is 5.65 Å². The van der Waals surface area contributed by atoms with Crippen LogP contribution in [0.25, 0.3) is 11.0 Å². The minimum Gasteiger partial charge on any atom is -0.444 e. The monoisotopic (exact) mass is 394 g/mol. The molecule has 0 unspecified atom stereocenters. The minimum absolute atomic E-state index is 0.211. The molecule has 7 heteroatoms. The number of ether oxygens (including phenoxy) is 1. The van der Waals surface area contributed by atoms with E-state index in [1.54, 1.807) is 11.1 Å². The molecule has 0 saturated carbocycles. The normalized spacial score (nSPS) is 16.6. The van der Waals surface area contributed by atoms with Crippen molar-refractivity contribution in [2.24, 2.45) is 5.92 Å². The van der Waals surface area contributed by atoms with Crippen LogP contribution in [0.4, 0.5) is 4.79 Å². The Balaban J connectivity index is 1.58. The van der Waals surface area contributed by atoms with Gasteiger partial charge in [0, 0.05) is 35.7 Å². The molecule has 2 aromatic heterocycles. The smallest absolute Gasteiger partial charge is 0.410 e. The Morgan fingerprint density at radius 2 is 2.04 bits per heavy atom. The Labute approximate surface area is 150 Å². The second kappa shape index (κ2) is 6.70. The summed E-state index contributed by atoms with van der Waals surface area (Å²) in [5.74, 6) is 0.497. The first-order valence-corrected chi connectivity index (χ1v) is 9.06. The number of fused-ring (bicyclic) bond motifs is 1. The highest BCUT2D eigenvalue weighted by Gasteiger charge is 2.27. The quantitative estimate of drug-likeness (QED) is 0.775. The van der Waals surface area contributed by atoms with E-state index in [0.717, 1.165) is 48.0 Å². The number of amides is 1. The molecular weight excluding hydrogens is 372 g/mol. The van der Waals surface area contributed by atoms with Crippen molar-refractivity contribution in [1.29, 1.82) is 0 Å². The van der Waals surface area contributed by atoms with E-state index in [2.05, 4.69) is 26.0 Å². The van der Waals surface area contributed by atoms with E-state index in [0.29, 0.717) is 5.92 Å². The highest BCUT2D eigenvalue weighted by atomic mass is 79.9. The average molecular weight is 395 g/mol. The Hall–Kier alpha value is -1.63. The summed E-state index contributed by atoms with van der Waals surface area (Å²) in [4.78, 5) is 18.4. The maximum absolute atomic E-state index is 12.1. The third kappa shape index (κ3) is 4.06. The predicted molar refractivity (Wildman–Crippen MR) is 95.8 cm³/mol. The van der Waals surface area contributed by atoms with Crippen LogP contribution in [0.5, 0.6) is 0 Å². The van der Waals surface area contributed by atoms with Crippen LogP contribution in [0.15, 0.2) is 22.9 Å². The van der Waals surface area contributed by atoms with Crippen LogP contribution < -0.4 is 0 Å². The maximum Gasteiger partial charge on any atom is 0.410 e. The lowest BCUT2D eigenvalue weighted by molar-refractivity contribution is 0.0177. The molecule has 1 aliphatic heterocycles. The molecule has 0 spiro atoms. The van der Waals surface area contributed by atoms with E-state index in [1.165, 1.54) is 0 Å². The summed E-state index contributed by atoms with van der Waals surface area (Å²) in [5, 5.41) is 5.50. The van der Waals surface area contributed by atoms with E-state index in [-0.39, 0.29) is 6.09 Å². The van der Waals surface area contributed by atoms with Crippen molar-refractivity contribution in [1.82, 2.24) is 19.7 Å². The van der Waals surface area contributed by atoms with Gasteiger partial charge < -0.3 is 9.64 Å². The third-order valence-electron chi connectivity index (χ3n) is 4.14. The summed E-state index contributed by atoms with van der Waals surface area (Å²) >= 11 is 3.43. The van der Waals surface area contributed by atoms with Crippen LogP contribution in [-0.4, -0.2) is 44.4 Å². The van der Waals surface area contributed by atoms with Crippen molar-refractivity contribution < 1.29 is 9.53 Å². The summed E-state index contributed by atoms with van der Waals surface area (Å²) < 4.78 is 8.37. The van der Waals surface area contributed by atoms with Gasteiger partial charge in [-0.05, 0) is 61.5 Å². The van der Waals surface area contributed by atoms with Crippen LogP contribution in [0.3, 0.4) is 0 Å². The highest BCUT2D eigenvalue weighted by Crippen LogP contribution is 2.23. The minimum atomic E-state index is -0.443. The second-order valence-electron chi connectivity index (χ2n) is 7.30. The summed E-state index contributed by atoms with van der Waals surface area (Å²) in [6.45, 7) is 7.99. The Morgan fingerprint density at radius 1 is 1.33 bits per heavy atom. The van der Waals surface area contributed by atoms with Crippen molar-refractivity contribution in [3.63, 3.8) is 0 Å². The number of hydrogen-bond donors (Lipinski definition) is 0. The van der Waals surface area contributed by atoms with Gasteiger partial charge in [0.1, 0.15) is 5.60 Å². The number of carbonyl (C=O) groups is 1. The van der Waals surface area contributed by atoms with E-state index in [4.69, 9.17) is 4.74 Å². The molecule has 0 N–H and O–H groups in total. The number of halogens is 1. The first-order chi connectivity index (χ1) is 11.3. The number of rotatable bonds is 2. The average Bonchev–Trinajstić information content (AvgIpc) is 2.88. The number of aromatic nitrogens is 3. The molecule has 2 aromatic rings. The van der Waals surface area contributed by atoms with Gasteiger partial charge in [0.05, 0.1) is 6.20 Å². The van der Waals surface area contributed by atoms with Crippen LogP contribution in [0.1, 0.15) is 33.6 Å². The molecule has 3 heterocycles. The molecule has 1 saturated heterocycles. The molecule has 130 valence electrons. The zero-order valence-electron chi connectivity index (χ0n) is 14.3. The van der Waals surface area contributed by atoms with Crippen molar-refractivity contribution in [3.8, 4) is 0 Å². The molecule has 0 aromatic carbocycles. The van der Waals surface area contributed by atoms with Crippen LogP contribution >= 0.6 is 15.9 Å². The van der Waals surface area contributed by atoms with Crippen molar-refractivity contribution >= 4 is 33.1 Å². The number of carbonyl (C=O) groups excluding carboxylic acids is 1. The van der Waals surface area contributed by atoms with E-state index in [9.17, 15) is 4.79 Å². The molecule has 0 bridgehead atoms. The van der Waals surface area contributed by atoms with E-state index >= 15 is 0 Å².